The van der Waals surface area contributed by atoms with E-state index in [1.165, 1.54) is 19.3 Å². The molecule has 4 rings (SSSR count). The van der Waals surface area contributed by atoms with Gasteiger partial charge in [-0.05, 0) is 50.8 Å². The number of aromatic amines is 1. The third-order valence-electron chi connectivity index (χ3n) is 5.11. The summed E-state index contributed by atoms with van der Waals surface area (Å²) in [6, 6.07) is 8.16. The lowest BCUT2D eigenvalue weighted by molar-refractivity contribution is 0.0854. The topological polar surface area (TPSA) is 56.9 Å². The van der Waals surface area contributed by atoms with Crippen LogP contribution in [0.15, 0.2) is 30.5 Å². The molecule has 1 amide bonds. The van der Waals surface area contributed by atoms with Crippen molar-refractivity contribution in [1.29, 1.82) is 0 Å². The van der Waals surface area contributed by atoms with Crippen molar-refractivity contribution in [3.8, 4) is 0 Å². The molecule has 4 heteroatoms. The van der Waals surface area contributed by atoms with Gasteiger partial charge in [-0.25, -0.2) is 0 Å². The fourth-order valence-corrected chi connectivity index (χ4v) is 3.80. The molecule has 1 aliphatic carbocycles. The fourth-order valence-electron chi connectivity index (χ4n) is 3.80. The van der Waals surface area contributed by atoms with Crippen LogP contribution in [0.1, 0.15) is 42.5 Å². The van der Waals surface area contributed by atoms with E-state index in [2.05, 4.69) is 15.6 Å². The van der Waals surface area contributed by atoms with Gasteiger partial charge in [0.15, 0.2) is 0 Å². The number of para-hydroxylation sites is 1. The van der Waals surface area contributed by atoms with Crippen molar-refractivity contribution in [3.63, 3.8) is 0 Å². The summed E-state index contributed by atoms with van der Waals surface area (Å²) >= 11 is 0. The molecule has 0 radical (unpaired) electrons. The maximum absolute atomic E-state index is 12.6. The minimum atomic E-state index is 0.0458. The summed E-state index contributed by atoms with van der Waals surface area (Å²) in [6.45, 7) is 1.01. The van der Waals surface area contributed by atoms with Crippen molar-refractivity contribution in [2.24, 2.45) is 0 Å². The SMILES string of the molecule is O=C(NC1CCNC2(CCC2)C1)c1cccc2cc[nH]c12. The zero-order valence-electron chi connectivity index (χ0n) is 12.1. The molecule has 1 atom stereocenters. The van der Waals surface area contributed by atoms with Gasteiger partial charge in [0, 0.05) is 23.2 Å². The standard InChI is InChI=1S/C17H21N3O/c21-16(14-4-1-3-12-5-9-18-15(12)14)20-13-6-10-19-17(11-13)7-2-8-17/h1,3-5,9,13,18-19H,2,6-8,10-11H2,(H,20,21). The number of amides is 1. The predicted octanol–water partition coefficient (Wildman–Crippen LogP) is 2.57. The second-order valence-corrected chi connectivity index (χ2v) is 6.47. The Hall–Kier alpha value is -1.81. The Balaban J connectivity index is 1.51. The molecule has 3 N–H and O–H groups in total. The van der Waals surface area contributed by atoms with Crippen LogP contribution in [0.4, 0.5) is 0 Å². The van der Waals surface area contributed by atoms with Gasteiger partial charge in [0.05, 0.1) is 11.1 Å². The lowest BCUT2D eigenvalue weighted by atomic mass is 9.70. The van der Waals surface area contributed by atoms with E-state index in [1.807, 2.05) is 30.5 Å². The maximum Gasteiger partial charge on any atom is 0.253 e. The van der Waals surface area contributed by atoms with E-state index in [4.69, 9.17) is 0 Å². The number of aromatic nitrogens is 1. The van der Waals surface area contributed by atoms with E-state index in [-0.39, 0.29) is 5.91 Å². The van der Waals surface area contributed by atoms with Gasteiger partial charge in [-0.2, -0.15) is 0 Å². The van der Waals surface area contributed by atoms with Crippen molar-refractivity contribution in [1.82, 2.24) is 15.6 Å². The van der Waals surface area contributed by atoms with Crippen LogP contribution >= 0.6 is 0 Å². The van der Waals surface area contributed by atoms with Crippen molar-refractivity contribution in [2.45, 2.75) is 43.7 Å². The number of fused-ring (bicyclic) bond motifs is 1. The molecule has 110 valence electrons. The summed E-state index contributed by atoms with van der Waals surface area (Å²) in [7, 11) is 0. The van der Waals surface area contributed by atoms with Crippen LogP contribution in [0.3, 0.4) is 0 Å². The third-order valence-corrected chi connectivity index (χ3v) is 5.11. The molecule has 1 aromatic heterocycles. The quantitative estimate of drug-likeness (QED) is 0.793. The van der Waals surface area contributed by atoms with Crippen molar-refractivity contribution >= 4 is 16.8 Å². The van der Waals surface area contributed by atoms with Crippen molar-refractivity contribution < 1.29 is 4.79 Å². The zero-order chi connectivity index (χ0) is 14.3. The van der Waals surface area contributed by atoms with Crippen LogP contribution < -0.4 is 10.6 Å². The van der Waals surface area contributed by atoms with Crippen LogP contribution in [0.25, 0.3) is 10.9 Å². The summed E-state index contributed by atoms with van der Waals surface area (Å²) in [4.78, 5) is 15.8. The van der Waals surface area contributed by atoms with Gasteiger partial charge in [0.1, 0.15) is 0 Å². The molecule has 1 aliphatic heterocycles. The highest BCUT2D eigenvalue weighted by molar-refractivity contribution is 6.05. The number of H-pyrrole nitrogens is 1. The third kappa shape index (κ3) is 2.23. The average molecular weight is 283 g/mol. The van der Waals surface area contributed by atoms with Crippen LogP contribution in [0, 0.1) is 0 Å². The first kappa shape index (κ1) is 12.9. The Morgan fingerprint density at radius 2 is 2.19 bits per heavy atom. The van der Waals surface area contributed by atoms with E-state index >= 15 is 0 Å². The number of hydrogen-bond donors (Lipinski definition) is 3. The summed E-state index contributed by atoms with van der Waals surface area (Å²) in [6.07, 6.45) is 7.80. The molecule has 1 unspecified atom stereocenters. The lowest BCUT2D eigenvalue weighted by Crippen LogP contribution is -2.59. The molecular formula is C17H21N3O. The minimum Gasteiger partial charge on any atom is -0.361 e. The largest absolute Gasteiger partial charge is 0.361 e. The number of carbonyl (C=O) groups excluding carboxylic acids is 1. The van der Waals surface area contributed by atoms with E-state index in [0.29, 0.717) is 11.6 Å². The van der Waals surface area contributed by atoms with Crippen molar-refractivity contribution in [3.05, 3.63) is 36.0 Å². The first-order chi connectivity index (χ1) is 10.3. The van der Waals surface area contributed by atoms with Crippen LogP contribution in [0.5, 0.6) is 0 Å². The summed E-state index contributed by atoms with van der Waals surface area (Å²) in [5.41, 5.74) is 2.00. The van der Waals surface area contributed by atoms with Crippen molar-refractivity contribution in [2.75, 3.05) is 6.54 Å². The Morgan fingerprint density at radius 3 is 3.00 bits per heavy atom. The summed E-state index contributed by atoms with van der Waals surface area (Å²) in [5.74, 6) is 0.0458. The number of piperidine rings is 1. The number of rotatable bonds is 2. The number of benzene rings is 1. The predicted molar refractivity (Wildman–Crippen MR) is 83.4 cm³/mol. The Kier molecular flexibility index (Phi) is 3.00. The maximum atomic E-state index is 12.6. The Bertz CT molecular complexity index is 671. The summed E-state index contributed by atoms with van der Waals surface area (Å²) < 4.78 is 0. The highest BCUT2D eigenvalue weighted by Gasteiger charge is 2.41. The molecular weight excluding hydrogens is 262 g/mol. The van der Waals surface area contributed by atoms with Gasteiger partial charge >= 0.3 is 0 Å². The van der Waals surface area contributed by atoms with Crippen LogP contribution in [-0.2, 0) is 0 Å². The van der Waals surface area contributed by atoms with Gasteiger partial charge < -0.3 is 15.6 Å². The average Bonchev–Trinajstić information content (AvgIpc) is 2.94. The summed E-state index contributed by atoms with van der Waals surface area (Å²) in [5, 5.41) is 7.97. The number of hydrogen-bond acceptors (Lipinski definition) is 2. The Morgan fingerprint density at radius 1 is 1.29 bits per heavy atom. The molecule has 4 nitrogen and oxygen atoms in total. The number of carbonyl (C=O) groups is 1. The second-order valence-electron chi connectivity index (χ2n) is 6.47. The molecule has 2 fully saturated rings. The highest BCUT2D eigenvalue weighted by Crippen LogP contribution is 2.38. The monoisotopic (exact) mass is 283 g/mol. The number of nitrogens with one attached hydrogen (secondary N) is 3. The molecule has 1 aromatic carbocycles. The highest BCUT2D eigenvalue weighted by atomic mass is 16.1. The molecule has 1 saturated carbocycles. The first-order valence-corrected chi connectivity index (χ1v) is 7.88. The molecule has 0 bridgehead atoms. The second kappa shape index (κ2) is 4.88. The van der Waals surface area contributed by atoms with Gasteiger partial charge in [0.25, 0.3) is 5.91 Å². The van der Waals surface area contributed by atoms with E-state index in [1.54, 1.807) is 0 Å². The normalized spacial score (nSPS) is 23.9. The van der Waals surface area contributed by atoms with E-state index in [0.717, 1.165) is 35.9 Å². The fraction of sp³-hybridized carbons (Fsp3) is 0.471. The van der Waals surface area contributed by atoms with Gasteiger partial charge in [-0.1, -0.05) is 12.1 Å². The van der Waals surface area contributed by atoms with Gasteiger partial charge in [0.2, 0.25) is 0 Å². The van der Waals surface area contributed by atoms with Crippen LogP contribution in [-0.4, -0.2) is 29.0 Å². The van der Waals surface area contributed by atoms with Gasteiger partial charge in [-0.15, -0.1) is 0 Å². The molecule has 2 aliphatic rings. The van der Waals surface area contributed by atoms with Gasteiger partial charge in [-0.3, -0.25) is 4.79 Å². The Labute approximate surface area is 124 Å². The van der Waals surface area contributed by atoms with E-state index < -0.39 is 0 Å². The minimum absolute atomic E-state index is 0.0458. The molecule has 21 heavy (non-hydrogen) atoms. The zero-order valence-corrected chi connectivity index (χ0v) is 12.1. The van der Waals surface area contributed by atoms with E-state index in [9.17, 15) is 4.79 Å². The molecule has 1 spiro atoms. The first-order valence-electron chi connectivity index (χ1n) is 7.88. The molecule has 2 aromatic rings. The molecule has 1 saturated heterocycles. The smallest absolute Gasteiger partial charge is 0.253 e. The van der Waals surface area contributed by atoms with Crippen LogP contribution in [0.2, 0.25) is 0 Å². The molecule has 2 heterocycles. The lowest BCUT2D eigenvalue weighted by Gasteiger charge is -2.48.